The molecule has 0 radical (unpaired) electrons. The minimum absolute atomic E-state index is 0.179. The largest absolute Gasteiger partial charge is 0.316 e. The van der Waals surface area contributed by atoms with Crippen LogP contribution in [0.2, 0.25) is 5.02 Å². The van der Waals surface area contributed by atoms with Crippen molar-refractivity contribution in [3.05, 3.63) is 34.6 Å². The lowest BCUT2D eigenvalue weighted by Gasteiger charge is -2.14. The first kappa shape index (κ1) is 12.0. The monoisotopic (exact) mass is 225 g/mol. The number of likely N-dealkylation sites (N-methyl/N-ethyl adjacent to an activating group) is 1. The molecule has 0 amide bonds. The zero-order valence-corrected chi connectivity index (χ0v) is 9.31. The van der Waals surface area contributed by atoms with Crippen LogP contribution in [0.4, 0.5) is 4.39 Å². The quantitative estimate of drug-likeness (QED) is 0.777. The lowest BCUT2D eigenvalue weighted by Crippen LogP contribution is -2.27. The number of halogens is 2. The minimum Gasteiger partial charge on any atom is -0.316 e. The van der Waals surface area contributed by atoms with Gasteiger partial charge >= 0.3 is 0 Å². The Morgan fingerprint density at radius 3 is 2.87 bits per heavy atom. The van der Waals surface area contributed by atoms with Gasteiger partial charge in [0.05, 0.1) is 0 Å². The van der Waals surface area contributed by atoms with E-state index in [1.54, 1.807) is 6.07 Å². The molecule has 1 rings (SSSR count). The fraction of sp³-hybridized carbons (Fsp3) is 0.333. The van der Waals surface area contributed by atoms with Crippen molar-refractivity contribution < 1.29 is 4.39 Å². The Bertz CT molecular complexity index is 370. The van der Waals surface area contributed by atoms with Gasteiger partial charge in [-0.15, -0.1) is 12.3 Å². The van der Waals surface area contributed by atoms with Crippen LogP contribution in [-0.2, 0) is 6.42 Å². The second-order valence-electron chi connectivity index (χ2n) is 3.33. The van der Waals surface area contributed by atoms with Crippen LogP contribution in [-0.4, -0.2) is 13.1 Å². The number of rotatable bonds is 4. The maximum atomic E-state index is 12.8. The van der Waals surface area contributed by atoms with Crippen LogP contribution in [0.5, 0.6) is 0 Å². The Morgan fingerprint density at radius 2 is 2.33 bits per heavy atom. The molecule has 0 heterocycles. The van der Waals surface area contributed by atoms with Gasteiger partial charge in [-0.3, -0.25) is 0 Å². The van der Waals surface area contributed by atoms with Crippen molar-refractivity contribution in [2.75, 3.05) is 7.05 Å². The summed E-state index contributed by atoms with van der Waals surface area (Å²) in [6, 6.07) is 4.60. The van der Waals surface area contributed by atoms with E-state index in [0.29, 0.717) is 17.9 Å². The highest BCUT2D eigenvalue weighted by Crippen LogP contribution is 2.19. The molecule has 0 aliphatic rings. The first-order valence-electron chi connectivity index (χ1n) is 4.72. The van der Waals surface area contributed by atoms with Crippen LogP contribution < -0.4 is 5.32 Å². The maximum absolute atomic E-state index is 12.8. The first-order valence-corrected chi connectivity index (χ1v) is 5.09. The fourth-order valence-corrected chi connectivity index (χ4v) is 1.62. The van der Waals surface area contributed by atoms with Crippen molar-refractivity contribution in [2.45, 2.75) is 18.9 Å². The Kier molecular flexibility index (Phi) is 4.61. The summed E-state index contributed by atoms with van der Waals surface area (Å²) in [6.45, 7) is 0. The van der Waals surface area contributed by atoms with Gasteiger partial charge in [0.2, 0.25) is 0 Å². The highest BCUT2D eigenvalue weighted by Gasteiger charge is 2.09. The van der Waals surface area contributed by atoms with Crippen LogP contribution in [0.3, 0.4) is 0 Å². The third-order valence-electron chi connectivity index (χ3n) is 2.25. The molecule has 1 aromatic rings. The predicted octanol–water partition coefficient (Wildman–Crippen LogP) is 2.63. The van der Waals surface area contributed by atoms with Crippen molar-refractivity contribution >= 4 is 11.6 Å². The smallest absolute Gasteiger partial charge is 0.124 e. The fourth-order valence-electron chi connectivity index (χ4n) is 1.37. The molecule has 0 fully saturated rings. The summed E-state index contributed by atoms with van der Waals surface area (Å²) >= 11 is 5.91. The van der Waals surface area contributed by atoms with E-state index in [0.717, 1.165) is 5.56 Å². The summed E-state index contributed by atoms with van der Waals surface area (Å²) in [4.78, 5) is 0. The Balaban J connectivity index is 2.75. The molecular formula is C12H13ClFN. The molecule has 1 nitrogen and oxygen atoms in total. The molecule has 0 aromatic heterocycles. The van der Waals surface area contributed by atoms with Crippen molar-refractivity contribution in [1.29, 1.82) is 0 Å². The molecule has 0 saturated carbocycles. The van der Waals surface area contributed by atoms with Crippen LogP contribution in [0.25, 0.3) is 0 Å². The van der Waals surface area contributed by atoms with E-state index in [2.05, 4.69) is 11.2 Å². The second kappa shape index (κ2) is 5.75. The Labute approximate surface area is 94.6 Å². The molecule has 0 aliphatic heterocycles. The van der Waals surface area contributed by atoms with Crippen molar-refractivity contribution in [3.63, 3.8) is 0 Å². The SMILES string of the molecule is C#CCC(Cc1ccc(F)cc1Cl)NC. The summed E-state index contributed by atoms with van der Waals surface area (Å²) in [5.41, 5.74) is 0.910. The molecule has 1 unspecified atom stereocenters. The predicted molar refractivity (Wildman–Crippen MR) is 61.4 cm³/mol. The number of terminal acetylenes is 1. The van der Waals surface area contributed by atoms with E-state index in [1.165, 1.54) is 12.1 Å². The van der Waals surface area contributed by atoms with Gasteiger partial charge < -0.3 is 5.32 Å². The molecule has 1 atom stereocenters. The molecule has 15 heavy (non-hydrogen) atoms. The summed E-state index contributed by atoms with van der Waals surface area (Å²) in [5, 5.41) is 3.55. The van der Waals surface area contributed by atoms with E-state index in [4.69, 9.17) is 18.0 Å². The molecule has 0 spiro atoms. The number of nitrogens with one attached hydrogen (secondary N) is 1. The van der Waals surface area contributed by atoms with E-state index in [-0.39, 0.29) is 11.9 Å². The standard InChI is InChI=1S/C12H13ClFN/c1-3-4-11(15-2)7-9-5-6-10(14)8-12(9)13/h1,5-6,8,11,15H,4,7H2,2H3. The van der Waals surface area contributed by atoms with Gasteiger partial charge in [-0.2, -0.15) is 0 Å². The highest BCUT2D eigenvalue weighted by molar-refractivity contribution is 6.31. The van der Waals surface area contributed by atoms with Crippen LogP contribution >= 0.6 is 11.6 Å². The van der Waals surface area contributed by atoms with E-state index < -0.39 is 0 Å². The zero-order chi connectivity index (χ0) is 11.3. The van der Waals surface area contributed by atoms with Gasteiger partial charge in [0.25, 0.3) is 0 Å². The third kappa shape index (κ3) is 3.54. The van der Waals surface area contributed by atoms with Crippen molar-refractivity contribution in [2.24, 2.45) is 0 Å². The van der Waals surface area contributed by atoms with Gasteiger partial charge in [-0.1, -0.05) is 17.7 Å². The lowest BCUT2D eigenvalue weighted by atomic mass is 10.0. The summed E-state index contributed by atoms with van der Waals surface area (Å²) in [7, 11) is 1.85. The average molecular weight is 226 g/mol. The molecule has 1 N–H and O–H groups in total. The van der Waals surface area contributed by atoms with Gasteiger partial charge in [0.1, 0.15) is 5.82 Å². The van der Waals surface area contributed by atoms with Gasteiger partial charge in [-0.25, -0.2) is 4.39 Å². The molecule has 3 heteroatoms. The van der Waals surface area contributed by atoms with E-state index in [9.17, 15) is 4.39 Å². The molecule has 1 aromatic carbocycles. The van der Waals surface area contributed by atoms with Gasteiger partial charge in [0.15, 0.2) is 0 Å². The third-order valence-corrected chi connectivity index (χ3v) is 2.61. The van der Waals surface area contributed by atoms with E-state index >= 15 is 0 Å². The first-order chi connectivity index (χ1) is 7.17. The molecular weight excluding hydrogens is 213 g/mol. The minimum atomic E-state index is -0.318. The number of benzene rings is 1. The molecule has 0 aliphatic carbocycles. The van der Waals surface area contributed by atoms with Crippen molar-refractivity contribution in [1.82, 2.24) is 5.32 Å². The van der Waals surface area contributed by atoms with E-state index in [1.807, 2.05) is 7.05 Å². The Hall–Kier alpha value is -1.04. The maximum Gasteiger partial charge on any atom is 0.124 e. The molecule has 0 saturated heterocycles. The van der Waals surface area contributed by atoms with Crippen LogP contribution in [0, 0.1) is 18.2 Å². The van der Waals surface area contributed by atoms with Gasteiger partial charge in [0, 0.05) is 17.5 Å². The summed E-state index contributed by atoms with van der Waals surface area (Å²) in [6.07, 6.45) is 6.58. The molecule has 80 valence electrons. The summed E-state index contributed by atoms with van der Waals surface area (Å²) in [5.74, 6) is 2.27. The highest BCUT2D eigenvalue weighted by atomic mass is 35.5. The van der Waals surface area contributed by atoms with Crippen LogP contribution in [0.1, 0.15) is 12.0 Å². The lowest BCUT2D eigenvalue weighted by molar-refractivity contribution is 0.571. The van der Waals surface area contributed by atoms with Crippen molar-refractivity contribution in [3.8, 4) is 12.3 Å². The topological polar surface area (TPSA) is 12.0 Å². The number of hydrogen-bond donors (Lipinski definition) is 1. The average Bonchev–Trinajstić information content (AvgIpc) is 2.21. The van der Waals surface area contributed by atoms with Crippen LogP contribution in [0.15, 0.2) is 18.2 Å². The zero-order valence-electron chi connectivity index (χ0n) is 8.56. The number of hydrogen-bond acceptors (Lipinski definition) is 1. The second-order valence-corrected chi connectivity index (χ2v) is 3.74. The van der Waals surface area contributed by atoms with Gasteiger partial charge in [-0.05, 0) is 31.2 Å². The normalized spacial score (nSPS) is 12.1. The molecule has 0 bridgehead atoms. The Morgan fingerprint density at radius 1 is 1.60 bits per heavy atom. The summed E-state index contributed by atoms with van der Waals surface area (Å²) < 4.78 is 12.8.